The van der Waals surface area contributed by atoms with Crippen LogP contribution in [0, 0.1) is 0 Å². The van der Waals surface area contributed by atoms with Gasteiger partial charge < -0.3 is 15.5 Å². The van der Waals surface area contributed by atoms with Crippen molar-refractivity contribution in [3.05, 3.63) is 35.7 Å². The second-order valence-corrected chi connectivity index (χ2v) is 12.5. The minimum absolute atomic E-state index is 0.00967. The first-order valence-electron chi connectivity index (χ1n) is 12.0. The molecule has 0 spiro atoms. The van der Waals surface area contributed by atoms with Crippen molar-refractivity contribution in [1.82, 2.24) is 35.3 Å². The van der Waals surface area contributed by atoms with Crippen LogP contribution in [-0.2, 0) is 19.7 Å². The van der Waals surface area contributed by atoms with Crippen LogP contribution < -0.4 is 5.32 Å². The van der Waals surface area contributed by atoms with E-state index in [0.717, 1.165) is 23.1 Å². The van der Waals surface area contributed by atoms with Crippen molar-refractivity contribution in [3.63, 3.8) is 0 Å². The highest BCUT2D eigenvalue weighted by molar-refractivity contribution is 8.01. The maximum absolute atomic E-state index is 11.9. The van der Waals surface area contributed by atoms with E-state index in [0.29, 0.717) is 15.7 Å². The van der Waals surface area contributed by atoms with Gasteiger partial charge in [0.1, 0.15) is 0 Å². The normalized spacial score (nSPS) is 12.6. The van der Waals surface area contributed by atoms with E-state index in [1.54, 1.807) is 25.1 Å². The fourth-order valence-corrected chi connectivity index (χ4v) is 6.06. The molecule has 1 atom stereocenters. The molecule has 222 valence electrons. The molecular weight excluding hydrogens is 614 g/mol. The second-order valence-electron chi connectivity index (χ2n) is 8.68. The van der Waals surface area contributed by atoms with E-state index < -0.39 is 33.7 Å². The summed E-state index contributed by atoms with van der Waals surface area (Å²) in [4.78, 5) is 39.0. The maximum Gasteiger partial charge on any atom is 0.336 e. The third kappa shape index (κ3) is 7.93. The van der Waals surface area contributed by atoms with Crippen molar-refractivity contribution in [2.24, 2.45) is 10.2 Å². The number of fused-ring (bicyclic) bond motifs is 1. The number of rotatable bonds is 14. The molecule has 0 aliphatic carbocycles. The van der Waals surface area contributed by atoms with Crippen LogP contribution in [0.5, 0.6) is 0 Å². The number of aromatic nitrogens is 6. The minimum Gasteiger partial charge on any atom is -0.481 e. The molecule has 0 radical (unpaired) electrons. The zero-order valence-corrected chi connectivity index (χ0v) is 24.1. The number of carbonyl (C=O) groups excluding carboxylic acids is 1. The van der Waals surface area contributed by atoms with Gasteiger partial charge in [-0.15, -0.1) is 25.5 Å². The fourth-order valence-electron chi connectivity index (χ4n) is 3.50. The highest BCUT2D eigenvalue weighted by Crippen LogP contribution is 2.37. The predicted molar refractivity (Wildman–Crippen MR) is 149 cm³/mol. The Balaban J connectivity index is 1.63. The second kappa shape index (κ2) is 13.1. The van der Waals surface area contributed by atoms with Gasteiger partial charge in [0, 0.05) is 30.2 Å². The summed E-state index contributed by atoms with van der Waals surface area (Å²) in [5.41, 5.74) is 0.909. The van der Waals surface area contributed by atoms with Gasteiger partial charge in [0.25, 0.3) is 15.2 Å². The van der Waals surface area contributed by atoms with E-state index in [-0.39, 0.29) is 58.8 Å². The van der Waals surface area contributed by atoms with Crippen LogP contribution in [0.2, 0.25) is 0 Å². The van der Waals surface area contributed by atoms with Crippen molar-refractivity contribution < 1.29 is 37.6 Å². The topological polar surface area (TPSA) is 255 Å². The number of aliphatic carboxylic acids is 1. The SMILES string of the molecule is CC(CNC(=O)CCC(=O)O)c1nc2c(N=Nc3nnc(SCCS(=O)(=O)O)s3)c(-c3ccccc3C(=O)O)[nH]n2n1. The molecule has 42 heavy (non-hydrogen) atoms. The highest BCUT2D eigenvalue weighted by Gasteiger charge is 2.23. The minimum atomic E-state index is -4.12. The monoisotopic (exact) mass is 637 g/mol. The summed E-state index contributed by atoms with van der Waals surface area (Å²) in [7, 11) is -4.12. The Morgan fingerprint density at radius 3 is 2.64 bits per heavy atom. The summed E-state index contributed by atoms with van der Waals surface area (Å²) >= 11 is 2.09. The Labute approximate surface area is 245 Å². The van der Waals surface area contributed by atoms with Crippen molar-refractivity contribution >= 4 is 67.5 Å². The molecule has 4 aromatic rings. The standard InChI is InChI=1S/C22H23N9O8S3/c1-11(10-23-14(32)6-7-15(33)34)18-24-19-17(25-26-21-27-28-22(41-21)40-8-9-42(37,38)39)16(29-31(19)30-18)12-4-2-3-5-13(12)20(35)36/h2-5,11,29H,6-10H2,1H3,(H,23,32)(H,33,34)(H,35,36)(H,37,38,39). The summed E-state index contributed by atoms with van der Waals surface area (Å²) in [5.74, 6) is -3.13. The van der Waals surface area contributed by atoms with E-state index in [9.17, 15) is 27.9 Å². The lowest BCUT2D eigenvalue weighted by molar-refractivity contribution is -0.138. The molecule has 5 N–H and O–H groups in total. The summed E-state index contributed by atoms with van der Waals surface area (Å²) in [6, 6.07) is 6.24. The quantitative estimate of drug-likeness (QED) is 0.0758. The Morgan fingerprint density at radius 1 is 1.17 bits per heavy atom. The Kier molecular flexibility index (Phi) is 9.60. The summed E-state index contributed by atoms with van der Waals surface area (Å²) in [6.07, 6.45) is -0.455. The largest absolute Gasteiger partial charge is 0.481 e. The lowest BCUT2D eigenvalue weighted by atomic mass is 10.0. The Morgan fingerprint density at radius 2 is 1.93 bits per heavy atom. The van der Waals surface area contributed by atoms with Crippen molar-refractivity contribution in [2.45, 2.75) is 30.0 Å². The Bertz CT molecular complexity index is 1760. The van der Waals surface area contributed by atoms with Gasteiger partial charge in [-0.1, -0.05) is 48.2 Å². The molecular formula is C22H23N9O8S3. The van der Waals surface area contributed by atoms with Crippen molar-refractivity contribution in [1.29, 1.82) is 0 Å². The third-order valence-corrected chi connectivity index (χ3v) is 8.45. The molecule has 1 unspecified atom stereocenters. The first-order valence-corrected chi connectivity index (χ1v) is 15.5. The summed E-state index contributed by atoms with van der Waals surface area (Å²) < 4.78 is 32.4. The van der Waals surface area contributed by atoms with E-state index in [1.807, 2.05) is 0 Å². The Hall–Kier alpha value is -4.27. The number of benzene rings is 1. The first-order chi connectivity index (χ1) is 19.9. The van der Waals surface area contributed by atoms with Crippen molar-refractivity contribution in [2.75, 3.05) is 18.1 Å². The maximum atomic E-state index is 11.9. The lowest BCUT2D eigenvalue weighted by Crippen LogP contribution is -2.28. The number of nitrogens with one attached hydrogen (secondary N) is 2. The van der Waals surface area contributed by atoms with Gasteiger partial charge in [0.15, 0.2) is 15.9 Å². The number of carboxylic acid groups (broad SMARTS) is 2. The number of amides is 1. The molecule has 0 aliphatic rings. The molecule has 3 heterocycles. The molecule has 0 fully saturated rings. The van der Waals surface area contributed by atoms with E-state index in [4.69, 9.17) is 9.66 Å². The molecule has 1 amide bonds. The number of nitrogens with zero attached hydrogens (tertiary/aromatic N) is 7. The molecule has 17 nitrogen and oxygen atoms in total. The van der Waals surface area contributed by atoms with E-state index in [1.165, 1.54) is 10.7 Å². The lowest BCUT2D eigenvalue weighted by Gasteiger charge is -2.09. The average Bonchev–Trinajstić information content (AvgIpc) is 3.63. The van der Waals surface area contributed by atoms with Gasteiger partial charge in [0.05, 0.1) is 23.4 Å². The molecule has 1 aromatic carbocycles. The highest BCUT2D eigenvalue weighted by atomic mass is 32.2. The molecule has 0 saturated carbocycles. The summed E-state index contributed by atoms with van der Waals surface area (Å²) in [5, 5.41) is 44.9. The van der Waals surface area contributed by atoms with Gasteiger partial charge in [0.2, 0.25) is 11.6 Å². The van der Waals surface area contributed by atoms with Gasteiger partial charge in [-0.05, 0) is 6.07 Å². The average molecular weight is 638 g/mol. The van der Waals surface area contributed by atoms with Crippen LogP contribution in [-0.4, -0.2) is 89.1 Å². The number of H-pyrrole nitrogens is 1. The number of thioether (sulfide) groups is 1. The van der Waals surface area contributed by atoms with Gasteiger partial charge in [-0.25, -0.2) is 9.78 Å². The van der Waals surface area contributed by atoms with Crippen LogP contribution in [0.3, 0.4) is 0 Å². The van der Waals surface area contributed by atoms with Crippen LogP contribution >= 0.6 is 23.1 Å². The van der Waals surface area contributed by atoms with Crippen LogP contribution in [0.25, 0.3) is 16.9 Å². The zero-order chi connectivity index (χ0) is 30.4. The third-order valence-electron chi connectivity index (χ3n) is 5.53. The molecule has 0 aliphatic heterocycles. The number of hydrogen-bond donors (Lipinski definition) is 5. The fraction of sp³-hybridized carbons (Fsp3) is 0.318. The van der Waals surface area contributed by atoms with Crippen LogP contribution in [0.1, 0.15) is 41.9 Å². The van der Waals surface area contributed by atoms with Gasteiger partial charge >= 0.3 is 11.9 Å². The number of hydrogen-bond acceptors (Lipinski definition) is 13. The zero-order valence-electron chi connectivity index (χ0n) is 21.7. The summed E-state index contributed by atoms with van der Waals surface area (Å²) in [6.45, 7) is 1.90. The van der Waals surface area contributed by atoms with E-state index >= 15 is 0 Å². The number of aromatic amines is 1. The van der Waals surface area contributed by atoms with E-state index in [2.05, 4.69) is 40.9 Å². The number of carbonyl (C=O) groups is 3. The first kappa shape index (κ1) is 30.7. The number of aromatic carboxylic acids is 1. The predicted octanol–water partition coefficient (Wildman–Crippen LogP) is 2.75. The van der Waals surface area contributed by atoms with Crippen molar-refractivity contribution in [3.8, 4) is 11.3 Å². The van der Waals surface area contributed by atoms with Gasteiger partial charge in [-0.2, -0.15) is 13.0 Å². The van der Waals surface area contributed by atoms with Crippen LogP contribution in [0.4, 0.5) is 10.8 Å². The smallest absolute Gasteiger partial charge is 0.336 e. The van der Waals surface area contributed by atoms with Gasteiger partial charge in [-0.3, -0.25) is 19.2 Å². The molecule has 0 saturated heterocycles. The number of azo groups is 1. The molecule has 4 rings (SSSR count). The molecule has 20 heteroatoms. The molecule has 0 bridgehead atoms. The number of carboxylic acids is 2. The molecule has 3 aromatic heterocycles. The van der Waals surface area contributed by atoms with Crippen LogP contribution in [0.15, 0.2) is 38.8 Å².